The van der Waals surface area contributed by atoms with E-state index < -0.39 is 23.1 Å². The minimum Gasteiger partial charge on any atom is -0.508 e. The van der Waals surface area contributed by atoms with Crippen LogP contribution in [0.1, 0.15) is 56.9 Å². The summed E-state index contributed by atoms with van der Waals surface area (Å²) in [5.74, 6) is 0.415. The molecule has 0 amide bonds. The number of halogens is 2. The van der Waals surface area contributed by atoms with Crippen molar-refractivity contribution < 1.29 is 23.4 Å². The molecule has 2 aromatic carbocycles. The van der Waals surface area contributed by atoms with Crippen LogP contribution in [-0.4, -0.2) is 87.2 Å². The van der Waals surface area contributed by atoms with Crippen LogP contribution in [-0.2, 0) is 13.0 Å². The van der Waals surface area contributed by atoms with Crippen LogP contribution in [0.5, 0.6) is 17.5 Å². The Kier molecular flexibility index (Phi) is 6.10. The average molecular weight is 683 g/mol. The molecule has 5 atom stereocenters. The maximum atomic E-state index is 17.5. The number of benzene rings is 2. The third-order valence-corrected chi connectivity index (χ3v) is 13.3. The zero-order chi connectivity index (χ0) is 33.5. The van der Waals surface area contributed by atoms with Gasteiger partial charge in [-0.1, -0.05) is 12.5 Å². The van der Waals surface area contributed by atoms with Gasteiger partial charge in [-0.25, -0.2) is 8.78 Å². The summed E-state index contributed by atoms with van der Waals surface area (Å²) < 4.78 is 46.4. The number of nitrogens with one attached hydrogen (secondary N) is 1. The zero-order valence-corrected chi connectivity index (χ0v) is 27.9. The first-order valence-electron chi connectivity index (χ1n) is 18.4. The summed E-state index contributed by atoms with van der Waals surface area (Å²) in [6.45, 7) is 3.09. The molecule has 0 radical (unpaired) electrons. The van der Waals surface area contributed by atoms with E-state index >= 15 is 4.39 Å². The second-order valence-electron chi connectivity index (χ2n) is 16.2. The molecule has 1 saturated carbocycles. The summed E-state index contributed by atoms with van der Waals surface area (Å²) in [6.07, 6.45) is 7.31. The number of anilines is 1. The van der Waals surface area contributed by atoms with Gasteiger partial charge in [-0.15, -0.1) is 0 Å². The lowest BCUT2D eigenvalue weighted by molar-refractivity contribution is 0.104. The van der Waals surface area contributed by atoms with Crippen molar-refractivity contribution in [1.82, 2.24) is 24.8 Å². The number of phenols is 1. The number of phenolic OH excluding ortho intramolecular Hbond substituents is 1. The fourth-order valence-electron chi connectivity index (χ4n) is 11.1. The fourth-order valence-corrected chi connectivity index (χ4v) is 11.1. The first-order valence-corrected chi connectivity index (χ1v) is 18.4. The standard InChI is InChI=1S/C38H40F2N6O4/c39-21-14-38(17-37(8-1-9-37)18-44(38)15-21)19-50-36-42-32-31(40)30(25-13-23(47)12-20-2-5-28-24(29(20)25)7-11-49-28)35(48)45-10-6-27-26-4-3-22(41-26)16-46(27)34(43-36)33(32)45/h2,5,12-13,21-22,26-27,41,47H,1,3-4,6-11,14-19H2/t21-,22?,26?,27?,38-/m1/s1. The Labute approximate surface area is 287 Å². The molecule has 3 unspecified atom stereocenters. The largest absolute Gasteiger partial charge is 0.508 e. The highest BCUT2D eigenvalue weighted by atomic mass is 19.1. The normalized spacial score (nSPS) is 30.3. The van der Waals surface area contributed by atoms with E-state index in [2.05, 4.69) is 15.1 Å². The number of alkyl halides is 1. The first-order chi connectivity index (χ1) is 24.3. The molecule has 4 aromatic rings. The molecule has 50 heavy (non-hydrogen) atoms. The Morgan fingerprint density at radius 1 is 1.14 bits per heavy atom. The van der Waals surface area contributed by atoms with Gasteiger partial charge in [-0.05, 0) is 72.9 Å². The summed E-state index contributed by atoms with van der Waals surface area (Å²) in [7, 11) is 0. The van der Waals surface area contributed by atoms with Crippen molar-refractivity contribution in [3.8, 4) is 28.6 Å². The summed E-state index contributed by atoms with van der Waals surface area (Å²) in [4.78, 5) is 29.0. The quantitative estimate of drug-likeness (QED) is 0.313. The van der Waals surface area contributed by atoms with Crippen LogP contribution in [0, 0.1) is 11.2 Å². The lowest BCUT2D eigenvalue weighted by atomic mass is 9.65. The van der Waals surface area contributed by atoms with E-state index in [1.807, 2.05) is 12.1 Å². The SMILES string of the molecule is O=c1c(-c2cc(O)cc3ccc4c(c23)CCO4)c(F)c2nc(OC[C@]34C[C@@H](F)CN3CC3(CCC3)C4)nc3c2n1CCC1C2CCC(CN31)N2. The zero-order valence-electron chi connectivity index (χ0n) is 27.9. The lowest BCUT2D eigenvalue weighted by Crippen LogP contribution is -2.58. The van der Waals surface area contributed by atoms with E-state index in [9.17, 15) is 14.3 Å². The summed E-state index contributed by atoms with van der Waals surface area (Å²) in [5, 5.41) is 16.0. The van der Waals surface area contributed by atoms with Crippen LogP contribution in [0.25, 0.3) is 32.9 Å². The van der Waals surface area contributed by atoms with Crippen molar-refractivity contribution in [2.45, 2.75) is 94.2 Å². The third kappa shape index (κ3) is 4.09. The van der Waals surface area contributed by atoms with Crippen LogP contribution in [0.15, 0.2) is 29.1 Å². The van der Waals surface area contributed by atoms with Crippen molar-refractivity contribution >= 4 is 27.6 Å². The molecule has 5 fully saturated rings. The maximum Gasteiger partial charge on any atom is 0.319 e. The fraction of sp³-hybridized carbons (Fsp3) is 0.553. The number of aromatic hydroxyl groups is 1. The second kappa shape index (κ2) is 10.3. The van der Waals surface area contributed by atoms with Crippen LogP contribution >= 0.6 is 0 Å². The van der Waals surface area contributed by atoms with Gasteiger partial charge in [0.05, 0.1) is 17.7 Å². The molecular weight excluding hydrogens is 642 g/mol. The van der Waals surface area contributed by atoms with Crippen molar-refractivity contribution in [1.29, 1.82) is 0 Å². The molecular formula is C38H40F2N6O4. The molecule has 10 nitrogen and oxygen atoms in total. The highest BCUT2D eigenvalue weighted by molar-refractivity contribution is 6.03. The Hall–Kier alpha value is -4.03. The molecule has 6 aliphatic heterocycles. The predicted molar refractivity (Wildman–Crippen MR) is 183 cm³/mol. The molecule has 8 heterocycles. The van der Waals surface area contributed by atoms with E-state index in [0.717, 1.165) is 44.2 Å². The van der Waals surface area contributed by atoms with E-state index in [-0.39, 0.29) is 53.0 Å². The topological polar surface area (TPSA) is 105 Å². The molecule has 1 aliphatic carbocycles. The summed E-state index contributed by atoms with van der Waals surface area (Å²) in [6, 6.07) is 7.46. The number of hydrogen-bond donors (Lipinski definition) is 2. The number of aryl methyl sites for hydroxylation is 1. The van der Waals surface area contributed by atoms with Gasteiger partial charge in [0.2, 0.25) is 0 Å². The van der Waals surface area contributed by atoms with E-state index in [1.54, 1.807) is 10.6 Å². The Balaban J connectivity index is 1.10. The number of rotatable bonds is 4. The highest BCUT2D eigenvalue weighted by Gasteiger charge is 2.60. The molecule has 4 saturated heterocycles. The summed E-state index contributed by atoms with van der Waals surface area (Å²) in [5.41, 5.74) is 0.824. The maximum absolute atomic E-state index is 17.5. The van der Waals surface area contributed by atoms with Crippen molar-refractivity contribution in [3.05, 3.63) is 46.0 Å². The van der Waals surface area contributed by atoms with Crippen molar-refractivity contribution in [3.63, 3.8) is 0 Å². The smallest absolute Gasteiger partial charge is 0.319 e. The van der Waals surface area contributed by atoms with Gasteiger partial charge in [0.25, 0.3) is 5.56 Å². The number of piperazine rings is 1. The van der Waals surface area contributed by atoms with Gasteiger partial charge in [0.15, 0.2) is 11.6 Å². The Bertz CT molecular complexity index is 2190. The van der Waals surface area contributed by atoms with Crippen molar-refractivity contribution in [2.75, 3.05) is 37.7 Å². The van der Waals surface area contributed by atoms with E-state index in [4.69, 9.17) is 19.4 Å². The molecule has 1 spiro atoms. The minimum absolute atomic E-state index is 0.0254. The van der Waals surface area contributed by atoms with Gasteiger partial charge in [0, 0.05) is 68.3 Å². The molecule has 260 valence electrons. The monoisotopic (exact) mass is 682 g/mol. The molecule has 2 N–H and O–H groups in total. The number of ether oxygens (including phenoxy) is 2. The van der Waals surface area contributed by atoms with Crippen LogP contribution in [0.2, 0.25) is 0 Å². The van der Waals surface area contributed by atoms with Gasteiger partial charge in [0.1, 0.15) is 35.3 Å². The molecule has 2 aromatic heterocycles. The number of fused-ring (bicyclic) bond motifs is 9. The average Bonchev–Trinajstić information content (AvgIpc) is 3.83. The Morgan fingerprint density at radius 2 is 2.04 bits per heavy atom. The summed E-state index contributed by atoms with van der Waals surface area (Å²) >= 11 is 0. The van der Waals surface area contributed by atoms with Crippen molar-refractivity contribution in [2.24, 2.45) is 5.41 Å². The van der Waals surface area contributed by atoms with Gasteiger partial charge < -0.3 is 29.4 Å². The van der Waals surface area contributed by atoms with Gasteiger partial charge in [-0.3, -0.25) is 9.69 Å². The Morgan fingerprint density at radius 3 is 2.90 bits per heavy atom. The number of nitrogens with zero attached hydrogens (tertiary/aromatic N) is 5. The van der Waals surface area contributed by atoms with Gasteiger partial charge in [-0.2, -0.15) is 9.97 Å². The van der Waals surface area contributed by atoms with Crippen LogP contribution in [0.4, 0.5) is 14.6 Å². The van der Waals surface area contributed by atoms with Gasteiger partial charge >= 0.3 is 6.01 Å². The number of pyridine rings is 1. The van der Waals surface area contributed by atoms with E-state index in [1.165, 1.54) is 12.5 Å². The highest BCUT2D eigenvalue weighted by Crippen LogP contribution is 2.57. The third-order valence-electron chi connectivity index (χ3n) is 13.3. The number of aromatic nitrogens is 3. The first kappa shape index (κ1) is 29.7. The molecule has 12 heteroatoms. The predicted octanol–water partition coefficient (Wildman–Crippen LogP) is 4.84. The minimum atomic E-state index is -0.909. The second-order valence-corrected chi connectivity index (χ2v) is 16.2. The lowest BCUT2D eigenvalue weighted by Gasteiger charge is -2.41. The molecule has 2 bridgehead atoms. The number of hydrogen-bond acceptors (Lipinski definition) is 9. The van der Waals surface area contributed by atoms with E-state index in [0.29, 0.717) is 78.9 Å². The van der Waals surface area contributed by atoms with Crippen LogP contribution in [0.3, 0.4) is 0 Å². The molecule has 11 rings (SSSR count). The van der Waals surface area contributed by atoms with Crippen LogP contribution < -0.4 is 25.2 Å². The molecule has 7 aliphatic rings.